The fourth-order valence-electron chi connectivity index (χ4n) is 0. The van der Waals surface area contributed by atoms with Crippen LogP contribution in [0.3, 0.4) is 0 Å². The summed E-state index contributed by atoms with van der Waals surface area (Å²) in [5.74, 6) is 0. The average Bonchev–Trinajstić information content (AvgIpc) is 0.722. The Kier molecular flexibility index (Phi) is 28.2. The van der Waals surface area contributed by atoms with Gasteiger partial charge in [-0.15, -0.1) is 0 Å². The first-order valence-electron chi connectivity index (χ1n) is 0.894. The molecule has 0 radical (unpaired) electrons. The van der Waals surface area contributed by atoms with Crippen molar-refractivity contribution in [3.05, 3.63) is 0 Å². The zero-order valence-electron chi connectivity index (χ0n) is 2.29. The molecule has 0 aromatic rings. The molecule has 0 bridgehead atoms. The van der Waals surface area contributed by atoms with Crippen molar-refractivity contribution in [1.29, 1.82) is 0 Å². The molecule has 0 spiro atoms. The summed E-state index contributed by atoms with van der Waals surface area (Å²) in [5.41, 5.74) is 0. The van der Waals surface area contributed by atoms with Gasteiger partial charge in [-0.05, 0) is 0 Å². The third kappa shape index (κ3) is 62.9. The number of hydrogen-bond acceptors (Lipinski definition) is 4. The molecule has 4 N–H and O–H groups in total. The van der Waals surface area contributed by atoms with Crippen LogP contribution >= 0.6 is 0 Å². The van der Waals surface area contributed by atoms with Crippen LogP contribution in [0.25, 0.3) is 0 Å². The zero-order chi connectivity index (χ0) is 4.50. The molecular weight excluding hydrogens is 161 g/mol. The summed E-state index contributed by atoms with van der Waals surface area (Å²) in [6.07, 6.45) is 0. The summed E-state index contributed by atoms with van der Waals surface area (Å²) in [5, 5.41) is 0. The molecule has 0 saturated carbocycles. The second kappa shape index (κ2) is 10.1. The Morgan fingerprint density at radius 1 is 0.625 bits per heavy atom. The summed E-state index contributed by atoms with van der Waals surface area (Å²) in [4.78, 5) is 29.3. The third-order valence-electron chi connectivity index (χ3n) is 0. The summed E-state index contributed by atoms with van der Waals surface area (Å²) in [6.45, 7) is 0. The Balaban J connectivity index is -0.0000000267. The van der Waals surface area contributed by atoms with Crippen molar-refractivity contribution in [2.45, 2.75) is 0 Å². The third-order valence-corrected chi connectivity index (χ3v) is 0. The molecule has 8 heteroatoms. The number of hydrogen-bond donors (Lipinski definition) is 4. The molecular formula is H7Na3O4Si. The van der Waals surface area contributed by atoms with Crippen LogP contribution in [0, 0.1) is 0 Å². The second-order valence-corrected chi connectivity index (χ2v) is 1.80. The maximum absolute atomic E-state index is 7.33. The Morgan fingerprint density at radius 3 is 0.625 bits per heavy atom. The van der Waals surface area contributed by atoms with E-state index in [2.05, 4.69) is 0 Å². The fraction of sp³-hybridized carbons (Fsp3) is 0. The van der Waals surface area contributed by atoms with Crippen LogP contribution in [-0.2, 0) is 0 Å². The molecule has 0 rings (SSSR count). The summed E-state index contributed by atoms with van der Waals surface area (Å²) < 4.78 is 0. The van der Waals surface area contributed by atoms with Gasteiger partial charge in [0.05, 0.1) is 0 Å². The molecule has 0 aliphatic carbocycles. The monoisotopic (exact) mass is 168 g/mol. The van der Waals surface area contributed by atoms with Crippen LogP contribution in [0.5, 0.6) is 0 Å². The first-order chi connectivity index (χ1) is 2.00. The molecule has 0 aromatic heterocycles. The van der Waals surface area contributed by atoms with Gasteiger partial charge in [0.15, 0.2) is 0 Å². The zero-order valence-corrected chi connectivity index (χ0v) is 3.29. The first-order valence-corrected chi connectivity index (χ1v) is 2.68. The molecule has 8 heavy (non-hydrogen) atoms. The average molecular weight is 168 g/mol. The molecule has 0 atom stereocenters. The van der Waals surface area contributed by atoms with Gasteiger partial charge >= 0.3 is 97.7 Å². The molecule has 4 nitrogen and oxygen atoms in total. The van der Waals surface area contributed by atoms with Crippen LogP contribution in [0.15, 0.2) is 0 Å². The van der Waals surface area contributed by atoms with Gasteiger partial charge in [-0.3, -0.25) is 0 Å². The van der Waals surface area contributed by atoms with E-state index >= 15 is 0 Å². The second-order valence-electron chi connectivity index (χ2n) is 0.600. The maximum atomic E-state index is 7.33. The molecule has 0 aliphatic heterocycles. The van der Waals surface area contributed by atoms with Crippen molar-refractivity contribution in [2.24, 2.45) is 0 Å². The van der Waals surface area contributed by atoms with Crippen LogP contribution in [0.1, 0.15) is 0 Å². The minimum absolute atomic E-state index is 0. The van der Waals surface area contributed by atoms with Crippen molar-refractivity contribution in [1.82, 2.24) is 0 Å². The predicted octanol–water partition coefficient (Wildman–Crippen LogP) is -4.55. The molecule has 0 aliphatic rings. The molecule has 0 fully saturated rings. The van der Waals surface area contributed by atoms with Gasteiger partial charge in [0.1, 0.15) is 0 Å². The molecule has 0 heterocycles. The van der Waals surface area contributed by atoms with Crippen LogP contribution in [-0.4, -0.2) is 117 Å². The standard InChI is InChI=1S/3Na.H4O4Si.3H/c;;;1-5(2,3)4;;;/h;;;1-4H;;;. The summed E-state index contributed by atoms with van der Waals surface area (Å²) >= 11 is 0. The first kappa shape index (κ1) is 22.5. The number of rotatable bonds is 0. The van der Waals surface area contributed by atoms with E-state index in [-0.39, 0.29) is 88.7 Å². The van der Waals surface area contributed by atoms with Gasteiger partial charge < -0.3 is 19.2 Å². The van der Waals surface area contributed by atoms with Crippen molar-refractivity contribution in [3.63, 3.8) is 0 Å². The van der Waals surface area contributed by atoms with Crippen LogP contribution in [0.2, 0.25) is 0 Å². The van der Waals surface area contributed by atoms with Crippen molar-refractivity contribution in [3.8, 4) is 0 Å². The van der Waals surface area contributed by atoms with Gasteiger partial charge in [-0.25, -0.2) is 0 Å². The quantitative estimate of drug-likeness (QED) is 0.275. The Hall–Kier alpha value is 3.06. The predicted molar refractivity (Wildman–Crippen MR) is 36.1 cm³/mol. The van der Waals surface area contributed by atoms with Crippen molar-refractivity contribution < 1.29 is 19.2 Å². The van der Waals surface area contributed by atoms with E-state index in [1.807, 2.05) is 0 Å². The van der Waals surface area contributed by atoms with E-state index < -0.39 is 9.05 Å². The van der Waals surface area contributed by atoms with Gasteiger partial charge in [-0.2, -0.15) is 0 Å². The van der Waals surface area contributed by atoms with E-state index in [9.17, 15) is 0 Å². The van der Waals surface area contributed by atoms with E-state index in [1.54, 1.807) is 0 Å². The van der Waals surface area contributed by atoms with Gasteiger partial charge in [-0.1, -0.05) is 0 Å². The summed E-state index contributed by atoms with van der Waals surface area (Å²) in [6, 6.07) is 0. The van der Waals surface area contributed by atoms with Crippen molar-refractivity contribution in [2.75, 3.05) is 0 Å². The van der Waals surface area contributed by atoms with Gasteiger partial charge in [0, 0.05) is 0 Å². The van der Waals surface area contributed by atoms with E-state index in [0.29, 0.717) is 0 Å². The Bertz CT molecular complexity index is 26.8. The van der Waals surface area contributed by atoms with E-state index in [0.717, 1.165) is 0 Å². The minimum atomic E-state index is -4.61. The SMILES string of the molecule is O[Si](O)(O)O.[NaH].[NaH].[NaH]. The molecule has 38 valence electrons. The molecule has 0 amide bonds. The van der Waals surface area contributed by atoms with Gasteiger partial charge in [0.25, 0.3) is 0 Å². The van der Waals surface area contributed by atoms with E-state index in [4.69, 9.17) is 19.2 Å². The topological polar surface area (TPSA) is 80.9 Å². The normalized spacial score (nSPS) is 7.50. The van der Waals surface area contributed by atoms with Crippen molar-refractivity contribution >= 4 is 97.7 Å². The molecule has 0 unspecified atom stereocenters. The fourth-order valence-corrected chi connectivity index (χ4v) is 0. The molecule has 0 saturated heterocycles. The van der Waals surface area contributed by atoms with Gasteiger partial charge in [0.2, 0.25) is 0 Å². The van der Waals surface area contributed by atoms with Crippen LogP contribution < -0.4 is 0 Å². The Labute approximate surface area is 115 Å². The Morgan fingerprint density at radius 2 is 0.625 bits per heavy atom. The van der Waals surface area contributed by atoms with Crippen LogP contribution in [0.4, 0.5) is 0 Å². The summed E-state index contributed by atoms with van der Waals surface area (Å²) in [7, 11) is -4.61. The van der Waals surface area contributed by atoms with E-state index in [1.165, 1.54) is 0 Å². The molecule has 0 aromatic carbocycles.